The minimum Gasteiger partial charge on any atom is -0.399 e. The van der Waals surface area contributed by atoms with E-state index < -0.39 is 10.0 Å². The van der Waals surface area contributed by atoms with Crippen molar-refractivity contribution < 1.29 is 8.42 Å². The minimum absolute atomic E-state index is 0.242. The summed E-state index contributed by atoms with van der Waals surface area (Å²) in [6, 6.07) is 10.6. The number of benzene rings is 2. The van der Waals surface area contributed by atoms with Crippen molar-refractivity contribution in [3.05, 3.63) is 36.4 Å². The molecule has 2 aromatic carbocycles. The van der Waals surface area contributed by atoms with E-state index in [0.29, 0.717) is 17.6 Å². The molecule has 3 N–H and O–H groups in total. The molecular weight excluding hydrogens is 248 g/mol. The zero-order valence-electron chi connectivity index (χ0n) is 10.2. The molecule has 2 aromatic rings. The number of sulfonamides is 1. The standard InChI is InChI=1S/C13H16N2O2S/c1-2-7-15-18(16,17)13-9-11(14)8-10-5-3-4-6-12(10)13/h3-6,8-9,15H,2,7,14H2,1H3. The van der Waals surface area contributed by atoms with E-state index >= 15 is 0 Å². The fourth-order valence-electron chi connectivity index (χ4n) is 1.83. The zero-order chi connectivity index (χ0) is 13.2. The maximum absolute atomic E-state index is 12.2. The molecule has 0 aliphatic rings. The van der Waals surface area contributed by atoms with Crippen LogP contribution in [0.3, 0.4) is 0 Å². The minimum atomic E-state index is -3.50. The second-order valence-electron chi connectivity index (χ2n) is 4.14. The van der Waals surface area contributed by atoms with Gasteiger partial charge in [0.25, 0.3) is 0 Å². The van der Waals surface area contributed by atoms with Gasteiger partial charge >= 0.3 is 0 Å². The van der Waals surface area contributed by atoms with Crippen molar-refractivity contribution in [2.24, 2.45) is 0 Å². The molecule has 0 heterocycles. The van der Waals surface area contributed by atoms with Crippen LogP contribution in [-0.2, 0) is 10.0 Å². The van der Waals surface area contributed by atoms with Crippen molar-refractivity contribution in [1.82, 2.24) is 4.72 Å². The maximum atomic E-state index is 12.2. The van der Waals surface area contributed by atoms with E-state index in [1.54, 1.807) is 12.1 Å². The van der Waals surface area contributed by atoms with Gasteiger partial charge in [0.2, 0.25) is 10.0 Å². The average Bonchev–Trinajstić information content (AvgIpc) is 2.35. The van der Waals surface area contributed by atoms with Gasteiger partial charge < -0.3 is 5.73 Å². The van der Waals surface area contributed by atoms with Gasteiger partial charge in [-0.15, -0.1) is 0 Å². The Morgan fingerprint density at radius 2 is 1.94 bits per heavy atom. The van der Waals surface area contributed by atoms with Gasteiger partial charge in [-0.05, 0) is 23.9 Å². The first-order chi connectivity index (χ1) is 8.54. The van der Waals surface area contributed by atoms with Gasteiger partial charge in [-0.2, -0.15) is 0 Å². The van der Waals surface area contributed by atoms with Gasteiger partial charge in [0.05, 0.1) is 4.90 Å². The lowest BCUT2D eigenvalue weighted by molar-refractivity contribution is 0.582. The largest absolute Gasteiger partial charge is 0.399 e. The van der Waals surface area contributed by atoms with Gasteiger partial charge in [0, 0.05) is 17.6 Å². The van der Waals surface area contributed by atoms with Crippen LogP contribution in [0.4, 0.5) is 5.69 Å². The number of hydrogen-bond acceptors (Lipinski definition) is 3. The summed E-state index contributed by atoms with van der Waals surface area (Å²) in [5.74, 6) is 0. The number of fused-ring (bicyclic) bond motifs is 1. The van der Waals surface area contributed by atoms with Crippen molar-refractivity contribution >= 4 is 26.5 Å². The van der Waals surface area contributed by atoms with E-state index in [2.05, 4.69) is 4.72 Å². The molecule has 0 atom stereocenters. The Kier molecular flexibility index (Phi) is 3.54. The molecule has 0 aliphatic heterocycles. The lowest BCUT2D eigenvalue weighted by atomic mass is 10.1. The maximum Gasteiger partial charge on any atom is 0.241 e. The molecule has 0 aromatic heterocycles. The number of anilines is 1. The summed E-state index contributed by atoms with van der Waals surface area (Å²) < 4.78 is 26.9. The molecule has 0 aliphatic carbocycles. The molecule has 0 amide bonds. The third-order valence-electron chi connectivity index (χ3n) is 2.68. The van der Waals surface area contributed by atoms with Gasteiger partial charge in [-0.3, -0.25) is 0 Å². The lowest BCUT2D eigenvalue weighted by Gasteiger charge is -2.10. The summed E-state index contributed by atoms with van der Waals surface area (Å²) >= 11 is 0. The van der Waals surface area contributed by atoms with Crippen LogP contribution < -0.4 is 10.5 Å². The SMILES string of the molecule is CCCNS(=O)(=O)c1cc(N)cc2ccccc12. The molecule has 0 bridgehead atoms. The first-order valence-corrected chi connectivity index (χ1v) is 7.31. The molecule has 96 valence electrons. The Hall–Kier alpha value is -1.59. The highest BCUT2D eigenvalue weighted by molar-refractivity contribution is 7.89. The summed E-state index contributed by atoms with van der Waals surface area (Å²) in [5.41, 5.74) is 6.21. The Labute approximate surface area is 107 Å². The van der Waals surface area contributed by atoms with Crippen LogP contribution in [-0.4, -0.2) is 15.0 Å². The molecule has 4 nitrogen and oxygen atoms in total. The van der Waals surface area contributed by atoms with E-state index in [1.165, 1.54) is 6.07 Å². The average molecular weight is 264 g/mol. The topological polar surface area (TPSA) is 72.2 Å². The van der Waals surface area contributed by atoms with Crippen LogP contribution in [0.5, 0.6) is 0 Å². The predicted octanol–water partition coefficient (Wildman–Crippen LogP) is 2.11. The van der Waals surface area contributed by atoms with Gasteiger partial charge in [0.15, 0.2) is 0 Å². The van der Waals surface area contributed by atoms with Crippen molar-refractivity contribution in [3.8, 4) is 0 Å². The molecule has 0 saturated heterocycles. The first-order valence-electron chi connectivity index (χ1n) is 5.82. The summed E-state index contributed by atoms with van der Waals surface area (Å²) in [6.07, 6.45) is 0.749. The fraction of sp³-hybridized carbons (Fsp3) is 0.231. The van der Waals surface area contributed by atoms with E-state index in [0.717, 1.165) is 11.8 Å². The molecule has 0 saturated carbocycles. The highest BCUT2D eigenvalue weighted by Gasteiger charge is 2.17. The lowest BCUT2D eigenvalue weighted by Crippen LogP contribution is -2.24. The molecule has 0 radical (unpaired) electrons. The van der Waals surface area contributed by atoms with Crippen LogP contribution in [0.1, 0.15) is 13.3 Å². The molecule has 2 rings (SSSR count). The van der Waals surface area contributed by atoms with Crippen LogP contribution in [0.25, 0.3) is 10.8 Å². The number of rotatable bonds is 4. The van der Waals surface area contributed by atoms with Crippen LogP contribution in [0.15, 0.2) is 41.3 Å². The quantitative estimate of drug-likeness (QED) is 0.831. The number of nitrogens with one attached hydrogen (secondary N) is 1. The Morgan fingerprint density at radius 1 is 1.22 bits per heavy atom. The molecule has 18 heavy (non-hydrogen) atoms. The van der Waals surface area contributed by atoms with Crippen molar-refractivity contribution in [1.29, 1.82) is 0 Å². The highest BCUT2D eigenvalue weighted by Crippen LogP contribution is 2.25. The van der Waals surface area contributed by atoms with E-state index in [-0.39, 0.29) is 4.90 Å². The summed E-state index contributed by atoms with van der Waals surface area (Å²) in [4.78, 5) is 0.242. The smallest absolute Gasteiger partial charge is 0.241 e. The summed E-state index contributed by atoms with van der Waals surface area (Å²) in [7, 11) is -3.50. The Balaban J connectivity index is 2.63. The third kappa shape index (κ3) is 2.47. The molecule has 0 fully saturated rings. The highest BCUT2D eigenvalue weighted by atomic mass is 32.2. The van der Waals surface area contributed by atoms with Crippen LogP contribution >= 0.6 is 0 Å². The molecule has 0 unspecified atom stereocenters. The Bertz CT molecular complexity index is 666. The second kappa shape index (κ2) is 4.96. The van der Waals surface area contributed by atoms with Gasteiger partial charge in [0.1, 0.15) is 0 Å². The number of nitrogens with two attached hydrogens (primary N) is 1. The van der Waals surface area contributed by atoms with Crippen molar-refractivity contribution in [3.63, 3.8) is 0 Å². The molecule has 5 heteroatoms. The van der Waals surface area contributed by atoms with Crippen molar-refractivity contribution in [2.45, 2.75) is 18.2 Å². The zero-order valence-corrected chi connectivity index (χ0v) is 11.0. The van der Waals surface area contributed by atoms with Crippen LogP contribution in [0, 0.1) is 0 Å². The fourth-order valence-corrected chi connectivity index (χ4v) is 3.23. The second-order valence-corrected chi connectivity index (χ2v) is 5.87. The predicted molar refractivity (Wildman–Crippen MR) is 73.8 cm³/mol. The molecule has 0 spiro atoms. The monoisotopic (exact) mass is 264 g/mol. The van der Waals surface area contributed by atoms with Crippen LogP contribution in [0.2, 0.25) is 0 Å². The first kappa shape index (κ1) is 12.9. The van der Waals surface area contributed by atoms with E-state index in [9.17, 15) is 8.42 Å². The third-order valence-corrected chi connectivity index (χ3v) is 4.18. The van der Waals surface area contributed by atoms with E-state index in [4.69, 9.17) is 5.73 Å². The summed E-state index contributed by atoms with van der Waals surface area (Å²) in [6.45, 7) is 2.34. The molecular formula is C13H16N2O2S. The Morgan fingerprint density at radius 3 is 2.67 bits per heavy atom. The van der Waals surface area contributed by atoms with Gasteiger partial charge in [-0.1, -0.05) is 31.2 Å². The normalized spacial score (nSPS) is 11.8. The van der Waals surface area contributed by atoms with Crippen molar-refractivity contribution in [2.75, 3.05) is 12.3 Å². The van der Waals surface area contributed by atoms with Gasteiger partial charge in [-0.25, -0.2) is 13.1 Å². The summed E-state index contributed by atoms with van der Waals surface area (Å²) in [5, 5.41) is 1.52. The number of hydrogen-bond donors (Lipinski definition) is 2. The van der Waals surface area contributed by atoms with E-state index in [1.807, 2.05) is 25.1 Å². The number of nitrogen functional groups attached to an aromatic ring is 1.